The van der Waals surface area contributed by atoms with Gasteiger partial charge in [-0.15, -0.1) is 0 Å². The van der Waals surface area contributed by atoms with Crippen molar-refractivity contribution in [2.24, 2.45) is 0 Å². The molecule has 1 N–H and O–H groups in total. The number of carbonyl (C=O) groups excluding carboxylic acids is 1. The molecule has 0 bridgehead atoms. The lowest BCUT2D eigenvalue weighted by Gasteiger charge is -2.11. The molecule has 1 aliphatic rings. The van der Waals surface area contributed by atoms with Gasteiger partial charge in [-0.05, 0) is 37.5 Å². The Morgan fingerprint density at radius 1 is 1.39 bits per heavy atom. The molecule has 0 radical (unpaired) electrons. The third-order valence-corrected chi connectivity index (χ3v) is 4.75. The molecule has 0 aliphatic carbocycles. The molecule has 1 fully saturated rings. The highest BCUT2D eigenvalue weighted by Crippen LogP contribution is 2.23. The van der Waals surface area contributed by atoms with E-state index >= 15 is 0 Å². The molecule has 0 saturated carbocycles. The molecular formula is C20H20F3N5O3. The molecule has 1 aliphatic heterocycles. The van der Waals surface area contributed by atoms with Gasteiger partial charge < -0.3 is 14.8 Å². The van der Waals surface area contributed by atoms with Crippen LogP contribution >= 0.6 is 0 Å². The van der Waals surface area contributed by atoms with Crippen LogP contribution in [0.25, 0.3) is 10.9 Å². The highest BCUT2D eigenvalue weighted by atomic mass is 19.4. The van der Waals surface area contributed by atoms with Crippen molar-refractivity contribution < 1.29 is 27.4 Å². The summed E-state index contributed by atoms with van der Waals surface area (Å²) in [5, 5.41) is 7.95. The van der Waals surface area contributed by atoms with Gasteiger partial charge in [0.05, 0.1) is 17.4 Å². The van der Waals surface area contributed by atoms with Crippen molar-refractivity contribution >= 4 is 22.6 Å². The first-order valence-corrected chi connectivity index (χ1v) is 9.68. The summed E-state index contributed by atoms with van der Waals surface area (Å²) in [6.45, 7) is 1.14. The summed E-state index contributed by atoms with van der Waals surface area (Å²) < 4.78 is 48.8. The largest absolute Gasteiger partial charge is 0.468 e. The molecular weight excluding hydrogens is 415 g/mol. The predicted octanol–water partition coefficient (Wildman–Crippen LogP) is 3.24. The van der Waals surface area contributed by atoms with Crippen LogP contribution in [0.5, 0.6) is 5.88 Å². The number of anilines is 1. The molecule has 0 aromatic carbocycles. The van der Waals surface area contributed by atoms with Crippen LogP contribution < -0.4 is 10.1 Å². The Kier molecular flexibility index (Phi) is 5.77. The van der Waals surface area contributed by atoms with Gasteiger partial charge in [0.1, 0.15) is 11.9 Å². The van der Waals surface area contributed by atoms with Crippen molar-refractivity contribution in [3.63, 3.8) is 0 Å². The second-order valence-corrected chi connectivity index (χ2v) is 7.28. The number of aryl methyl sites for hydroxylation is 1. The van der Waals surface area contributed by atoms with Gasteiger partial charge in [-0.2, -0.15) is 18.3 Å². The molecule has 0 unspecified atom stereocenters. The Morgan fingerprint density at radius 3 is 2.94 bits per heavy atom. The molecule has 31 heavy (non-hydrogen) atoms. The zero-order valence-electron chi connectivity index (χ0n) is 16.6. The van der Waals surface area contributed by atoms with Gasteiger partial charge >= 0.3 is 6.18 Å². The molecule has 3 aromatic heterocycles. The zero-order chi connectivity index (χ0) is 22.0. The first kappa shape index (κ1) is 21.0. The first-order chi connectivity index (χ1) is 14.8. The number of nitrogens with one attached hydrogen (secondary N) is 1. The zero-order valence-corrected chi connectivity index (χ0v) is 16.6. The third-order valence-electron chi connectivity index (χ3n) is 4.75. The maximum atomic E-state index is 12.3. The number of alkyl halides is 3. The van der Waals surface area contributed by atoms with Crippen molar-refractivity contribution in [1.29, 1.82) is 0 Å². The Morgan fingerprint density at radius 2 is 2.23 bits per heavy atom. The number of amides is 1. The summed E-state index contributed by atoms with van der Waals surface area (Å²) in [7, 11) is 0. The van der Waals surface area contributed by atoms with Crippen molar-refractivity contribution in [3.05, 3.63) is 41.9 Å². The fourth-order valence-electron chi connectivity index (χ4n) is 3.35. The summed E-state index contributed by atoms with van der Waals surface area (Å²) in [5.74, 6) is 0.101. The summed E-state index contributed by atoms with van der Waals surface area (Å²) in [4.78, 5) is 20.6. The van der Waals surface area contributed by atoms with Crippen LogP contribution in [0.1, 0.15) is 24.0 Å². The van der Waals surface area contributed by atoms with E-state index in [0.717, 1.165) is 12.0 Å². The van der Waals surface area contributed by atoms with Crippen LogP contribution in [-0.4, -0.2) is 51.1 Å². The van der Waals surface area contributed by atoms with E-state index in [0.29, 0.717) is 41.9 Å². The number of ether oxygens (including phenoxy) is 2. The number of rotatable bonds is 6. The van der Waals surface area contributed by atoms with Gasteiger partial charge in [0.25, 0.3) is 5.91 Å². The predicted molar refractivity (Wildman–Crippen MR) is 105 cm³/mol. The molecule has 0 spiro atoms. The number of fused-ring (bicyclic) bond motifs is 1. The van der Waals surface area contributed by atoms with E-state index in [9.17, 15) is 18.0 Å². The number of hydrogen-bond donors (Lipinski definition) is 1. The second kappa shape index (κ2) is 8.50. The van der Waals surface area contributed by atoms with Crippen LogP contribution in [0.2, 0.25) is 0 Å². The van der Waals surface area contributed by atoms with E-state index in [1.165, 1.54) is 6.20 Å². The minimum atomic E-state index is -4.42. The highest BCUT2D eigenvalue weighted by molar-refractivity contribution is 6.00. The maximum Gasteiger partial charge on any atom is 0.422 e. The lowest BCUT2D eigenvalue weighted by molar-refractivity contribution is -0.154. The van der Waals surface area contributed by atoms with Gasteiger partial charge in [-0.3, -0.25) is 9.48 Å². The fourth-order valence-corrected chi connectivity index (χ4v) is 3.35. The number of carbonyl (C=O) groups is 1. The SMILES string of the molecule is Cc1cc(Cn2cc3c(NC(=O)[C@H]4CCCO4)nccc3n2)cnc1OCC(F)(F)F. The number of halogens is 3. The van der Waals surface area contributed by atoms with Crippen LogP contribution in [0.4, 0.5) is 19.0 Å². The molecule has 8 nitrogen and oxygen atoms in total. The Hall–Kier alpha value is -3.21. The Balaban J connectivity index is 1.49. The molecule has 11 heteroatoms. The van der Waals surface area contributed by atoms with Crippen molar-refractivity contribution in [1.82, 2.24) is 19.7 Å². The van der Waals surface area contributed by atoms with E-state index in [2.05, 4.69) is 20.4 Å². The van der Waals surface area contributed by atoms with Gasteiger partial charge in [0.15, 0.2) is 6.61 Å². The number of pyridine rings is 2. The smallest absolute Gasteiger partial charge is 0.422 e. The van der Waals surface area contributed by atoms with E-state index in [-0.39, 0.29) is 11.8 Å². The number of aromatic nitrogens is 4. The topological polar surface area (TPSA) is 91.2 Å². The third kappa shape index (κ3) is 5.10. The monoisotopic (exact) mass is 435 g/mol. The van der Waals surface area contributed by atoms with Gasteiger partial charge in [-0.25, -0.2) is 9.97 Å². The Labute approximate surface area is 175 Å². The van der Waals surface area contributed by atoms with Crippen molar-refractivity contribution in [2.45, 2.75) is 38.6 Å². The average molecular weight is 435 g/mol. The summed E-state index contributed by atoms with van der Waals surface area (Å²) in [6, 6.07) is 3.43. The first-order valence-electron chi connectivity index (χ1n) is 9.68. The normalized spacial score (nSPS) is 16.6. The second-order valence-electron chi connectivity index (χ2n) is 7.28. The van der Waals surface area contributed by atoms with Gasteiger partial charge in [0.2, 0.25) is 5.88 Å². The summed E-state index contributed by atoms with van der Waals surface area (Å²) >= 11 is 0. The quantitative estimate of drug-likeness (QED) is 0.639. The standard InChI is InChI=1S/C20H20F3N5O3/c1-12-7-13(8-25-19(12)31-11-20(21,22)23)9-28-10-14-15(27-28)4-5-24-17(14)26-18(29)16-3-2-6-30-16/h4-5,7-8,10,16H,2-3,6,9,11H2,1H3,(H,24,26,29)/t16-/m1/s1. The van der Waals surface area contributed by atoms with E-state index in [4.69, 9.17) is 9.47 Å². The van der Waals surface area contributed by atoms with Crippen LogP contribution in [0, 0.1) is 6.92 Å². The molecule has 4 heterocycles. The molecule has 1 saturated heterocycles. The van der Waals surface area contributed by atoms with Gasteiger partial charge in [0, 0.05) is 30.8 Å². The molecule has 3 aromatic rings. The summed E-state index contributed by atoms with van der Waals surface area (Å²) in [6.07, 6.45) is 1.38. The molecule has 4 rings (SSSR count). The van der Waals surface area contributed by atoms with Crippen LogP contribution in [-0.2, 0) is 16.1 Å². The molecule has 1 atom stereocenters. The summed E-state index contributed by atoms with van der Waals surface area (Å²) in [5.41, 5.74) is 1.87. The van der Waals surface area contributed by atoms with Crippen molar-refractivity contribution in [2.75, 3.05) is 18.5 Å². The minimum Gasteiger partial charge on any atom is -0.468 e. The van der Waals surface area contributed by atoms with E-state index in [1.54, 1.807) is 36.1 Å². The lowest BCUT2D eigenvalue weighted by atomic mass is 10.2. The number of nitrogens with zero attached hydrogens (tertiary/aromatic N) is 4. The number of hydrogen-bond acceptors (Lipinski definition) is 6. The minimum absolute atomic E-state index is 0.0602. The molecule has 164 valence electrons. The van der Waals surface area contributed by atoms with Crippen LogP contribution in [0.15, 0.2) is 30.7 Å². The van der Waals surface area contributed by atoms with Crippen LogP contribution in [0.3, 0.4) is 0 Å². The lowest BCUT2D eigenvalue weighted by Crippen LogP contribution is -2.27. The maximum absolute atomic E-state index is 12.3. The fraction of sp³-hybridized carbons (Fsp3) is 0.400. The average Bonchev–Trinajstić information content (AvgIpc) is 3.37. The molecule has 1 amide bonds. The Bertz CT molecular complexity index is 1090. The van der Waals surface area contributed by atoms with Crippen molar-refractivity contribution in [3.8, 4) is 5.88 Å². The highest BCUT2D eigenvalue weighted by Gasteiger charge is 2.29. The van der Waals surface area contributed by atoms with E-state index in [1.807, 2.05) is 0 Å². The van der Waals surface area contributed by atoms with E-state index < -0.39 is 18.9 Å². The van der Waals surface area contributed by atoms with Gasteiger partial charge in [-0.1, -0.05) is 0 Å².